The number of aromatic nitrogens is 4. The number of H-pyrrole nitrogens is 1. The molecular weight excluding hydrogens is 420 g/mol. The Morgan fingerprint density at radius 1 is 1.12 bits per heavy atom. The Labute approximate surface area is 179 Å². The predicted molar refractivity (Wildman–Crippen MR) is 113 cm³/mol. The van der Waals surface area contributed by atoms with E-state index in [0.717, 1.165) is 0 Å². The molecule has 0 bridgehead atoms. The summed E-state index contributed by atoms with van der Waals surface area (Å²) in [5.41, 5.74) is 5.43. The molecule has 12 heteroatoms. The number of benzene rings is 2. The van der Waals surface area contributed by atoms with Crippen molar-refractivity contribution in [3.8, 4) is 28.6 Å². The largest absolute Gasteiger partial charge is 0.497 e. The van der Waals surface area contributed by atoms with Crippen molar-refractivity contribution in [1.29, 1.82) is 0 Å². The van der Waals surface area contributed by atoms with Gasteiger partial charge in [0.25, 0.3) is 11.6 Å². The minimum Gasteiger partial charge on any atom is -0.497 e. The first kappa shape index (κ1) is 20.5. The molecule has 2 heterocycles. The number of nitrogens with two attached hydrogens (primary N) is 1. The number of ether oxygens (including phenoxy) is 2. The molecule has 12 nitrogen and oxygen atoms in total. The Hall–Kier alpha value is -4.74. The quantitative estimate of drug-likeness (QED) is 0.340. The fourth-order valence-corrected chi connectivity index (χ4v) is 3.22. The van der Waals surface area contributed by atoms with Crippen LogP contribution in [0, 0.1) is 10.1 Å². The average Bonchev–Trinajstić information content (AvgIpc) is 3.13. The number of methoxy groups -OCH3 is 2. The lowest BCUT2D eigenvalue weighted by Crippen LogP contribution is -2.16. The number of hydrogen-bond donors (Lipinski definition) is 2. The maximum absolute atomic E-state index is 12.8. The van der Waals surface area contributed by atoms with Gasteiger partial charge in [-0.25, -0.2) is 19.3 Å². The first-order valence-corrected chi connectivity index (χ1v) is 9.14. The van der Waals surface area contributed by atoms with Crippen LogP contribution in [-0.2, 0) is 0 Å². The highest BCUT2D eigenvalue weighted by atomic mass is 16.6. The number of hydrogen-bond acceptors (Lipinski definition) is 8. The van der Waals surface area contributed by atoms with Gasteiger partial charge in [-0.2, -0.15) is 0 Å². The zero-order chi connectivity index (χ0) is 23.0. The molecule has 3 N–H and O–H groups in total. The van der Waals surface area contributed by atoms with E-state index in [0.29, 0.717) is 22.7 Å². The van der Waals surface area contributed by atoms with E-state index in [4.69, 9.17) is 15.2 Å². The third-order valence-corrected chi connectivity index (χ3v) is 4.73. The summed E-state index contributed by atoms with van der Waals surface area (Å²) < 4.78 is 11.8. The number of carbonyl (C=O) groups is 1. The molecule has 4 aromatic rings. The van der Waals surface area contributed by atoms with Gasteiger partial charge in [-0.05, 0) is 24.3 Å². The number of non-ortho nitro benzene ring substituents is 1. The molecular formula is C20H16N6O6. The molecule has 32 heavy (non-hydrogen) atoms. The fraction of sp³-hybridized carbons (Fsp3) is 0.100. The smallest absolute Gasteiger partial charge is 0.332 e. The van der Waals surface area contributed by atoms with Gasteiger partial charge in [0.2, 0.25) is 0 Å². The molecule has 162 valence electrons. The van der Waals surface area contributed by atoms with Crippen LogP contribution in [0.1, 0.15) is 10.5 Å². The van der Waals surface area contributed by atoms with E-state index >= 15 is 0 Å². The van der Waals surface area contributed by atoms with Crippen molar-refractivity contribution in [3.63, 3.8) is 0 Å². The number of imidazole rings is 1. The Morgan fingerprint density at radius 3 is 2.44 bits per heavy atom. The molecule has 0 radical (unpaired) electrons. The number of primary amides is 1. The van der Waals surface area contributed by atoms with Gasteiger partial charge in [-0.15, -0.1) is 0 Å². The number of aromatic amines is 1. The fourth-order valence-electron chi connectivity index (χ4n) is 3.22. The number of fused-ring (bicyclic) bond motifs is 1. The maximum atomic E-state index is 12.8. The van der Waals surface area contributed by atoms with Gasteiger partial charge in [0, 0.05) is 23.8 Å². The minimum atomic E-state index is -0.879. The Bertz CT molecular complexity index is 1420. The van der Waals surface area contributed by atoms with Crippen molar-refractivity contribution in [2.24, 2.45) is 5.73 Å². The molecule has 4 rings (SSSR count). The van der Waals surface area contributed by atoms with Crippen LogP contribution in [0.3, 0.4) is 0 Å². The van der Waals surface area contributed by atoms with Crippen LogP contribution in [-0.4, -0.2) is 44.6 Å². The second-order valence-electron chi connectivity index (χ2n) is 6.57. The predicted octanol–water partition coefficient (Wildman–Crippen LogP) is 1.80. The standard InChI is InChI=1S/C20H16N6O6/c1-31-12-7-8-13(14(9-12)32-2)25-19-16(23-20(25)28)15(17(21)27)22-18(24-19)10-3-5-11(6-4-10)26(29)30/h3-9H,1-2H3,(H2,21,27)(H,23,28). The summed E-state index contributed by atoms with van der Waals surface area (Å²) >= 11 is 0. The highest BCUT2D eigenvalue weighted by Crippen LogP contribution is 2.30. The highest BCUT2D eigenvalue weighted by Gasteiger charge is 2.22. The van der Waals surface area contributed by atoms with Crippen molar-refractivity contribution in [2.75, 3.05) is 14.2 Å². The normalized spacial score (nSPS) is 10.8. The minimum absolute atomic E-state index is 0.0473. The molecule has 0 aliphatic rings. The Morgan fingerprint density at radius 2 is 1.84 bits per heavy atom. The molecule has 0 spiro atoms. The molecule has 2 aromatic carbocycles. The number of amides is 1. The van der Waals surface area contributed by atoms with Crippen LogP contribution >= 0.6 is 0 Å². The zero-order valence-corrected chi connectivity index (χ0v) is 16.9. The number of nitrogens with zero attached hydrogens (tertiary/aromatic N) is 4. The van der Waals surface area contributed by atoms with Gasteiger partial charge in [0.05, 0.1) is 24.8 Å². The van der Waals surface area contributed by atoms with E-state index in [1.165, 1.54) is 43.1 Å². The number of rotatable bonds is 6. The maximum Gasteiger partial charge on any atom is 0.332 e. The van der Waals surface area contributed by atoms with Gasteiger partial charge >= 0.3 is 5.69 Å². The summed E-state index contributed by atoms with van der Waals surface area (Å²) in [4.78, 5) is 46.5. The summed E-state index contributed by atoms with van der Waals surface area (Å²) in [6.07, 6.45) is 0. The van der Waals surface area contributed by atoms with E-state index in [2.05, 4.69) is 15.0 Å². The molecule has 0 aliphatic carbocycles. The third kappa shape index (κ3) is 3.39. The first-order valence-electron chi connectivity index (χ1n) is 9.14. The number of nitrogens with one attached hydrogen (secondary N) is 1. The molecule has 0 aliphatic heterocycles. The lowest BCUT2D eigenvalue weighted by molar-refractivity contribution is -0.384. The van der Waals surface area contributed by atoms with Crippen molar-refractivity contribution in [3.05, 3.63) is 68.8 Å². The van der Waals surface area contributed by atoms with E-state index in [-0.39, 0.29) is 28.4 Å². The lowest BCUT2D eigenvalue weighted by Gasteiger charge is -2.11. The van der Waals surface area contributed by atoms with Crippen LogP contribution in [0.5, 0.6) is 11.5 Å². The number of nitro groups is 1. The van der Waals surface area contributed by atoms with Crippen LogP contribution in [0.25, 0.3) is 28.2 Å². The highest BCUT2D eigenvalue weighted by molar-refractivity contribution is 6.02. The van der Waals surface area contributed by atoms with E-state index in [9.17, 15) is 19.7 Å². The van der Waals surface area contributed by atoms with Crippen molar-refractivity contribution >= 4 is 22.8 Å². The van der Waals surface area contributed by atoms with Gasteiger partial charge in [-0.1, -0.05) is 0 Å². The van der Waals surface area contributed by atoms with Crippen LogP contribution in [0.2, 0.25) is 0 Å². The van der Waals surface area contributed by atoms with Crippen LogP contribution in [0.4, 0.5) is 5.69 Å². The van der Waals surface area contributed by atoms with Gasteiger partial charge in [0.1, 0.15) is 17.0 Å². The molecule has 0 unspecified atom stereocenters. The van der Waals surface area contributed by atoms with Crippen molar-refractivity contribution in [2.45, 2.75) is 0 Å². The van der Waals surface area contributed by atoms with Crippen LogP contribution in [0.15, 0.2) is 47.3 Å². The van der Waals surface area contributed by atoms with E-state index in [1.807, 2.05) is 0 Å². The van der Waals surface area contributed by atoms with Crippen LogP contribution < -0.4 is 20.9 Å². The molecule has 2 aromatic heterocycles. The van der Waals surface area contributed by atoms with Gasteiger partial charge < -0.3 is 20.2 Å². The second kappa shape index (κ2) is 7.83. The number of carbonyl (C=O) groups excluding carboxylic acids is 1. The monoisotopic (exact) mass is 436 g/mol. The van der Waals surface area contributed by atoms with Gasteiger partial charge in [0.15, 0.2) is 17.2 Å². The summed E-state index contributed by atoms with van der Waals surface area (Å²) in [7, 11) is 2.93. The summed E-state index contributed by atoms with van der Waals surface area (Å²) in [5, 5.41) is 10.9. The molecule has 0 atom stereocenters. The molecule has 0 fully saturated rings. The third-order valence-electron chi connectivity index (χ3n) is 4.73. The SMILES string of the molecule is COc1ccc(-n2c(=O)[nH]c3c(C(N)=O)nc(-c4ccc([N+](=O)[O-])cc4)nc32)c(OC)c1. The van der Waals surface area contributed by atoms with E-state index < -0.39 is 16.5 Å². The molecule has 0 saturated heterocycles. The average molecular weight is 436 g/mol. The summed E-state index contributed by atoms with van der Waals surface area (Å²) in [6.45, 7) is 0. The van der Waals surface area contributed by atoms with E-state index in [1.54, 1.807) is 18.2 Å². The van der Waals surface area contributed by atoms with Crippen molar-refractivity contribution in [1.82, 2.24) is 19.5 Å². The zero-order valence-electron chi connectivity index (χ0n) is 16.9. The molecule has 1 amide bonds. The summed E-state index contributed by atoms with van der Waals surface area (Å²) in [5.74, 6) is 0.0121. The Balaban J connectivity index is 2.00. The van der Waals surface area contributed by atoms with Gasteiger partial charge in [-0.3, -0.25) is 14.9 Å². The number of nitro benzene ring substituents is 1. The molecule has 0 saturated carbocycles. The topological polar surface area (TPSA) is 168 Å². The second-order valence-corrected chi connectivity index (χ2v) is 6.57. The lowest BCUT2D eigenvalue weighted by atomic mass is 10.2. The summed E-state index contributed by atoms with van der Waals surface area (Å²) in [6, 6.07) is 10.3. The Kier molecular flexibility index (Phi) is 5.02. The van der Waals surface area contributed by atoms with Crippen molar-refractivity contribution < 1.29 is 19.2 Å². The first-order chi connectivity index (χ1) is 15.3.